The van der Waals surface area contributed by atoms with Crippen molar-refractivity contribution in [3.8, 4) is 0 Å². The van der Waals surface area contributed by atoms with Gasteiger partial charge in [-0.1, -0.05) is 26.0 Å². The van der Waals surface area contributed by atoms with Gasteiger partial charge in [-0.2, -0.15) is 0 Å². The van der Waals surface area contributed by atoms with Crippen LogP contribution in [0.15, 0.2) is 24.3 Å². The van der Waals surface area contributed by atoms with Gasteiger partial charge in [0.2, 0.25) is 0 Å². The van der Waals surface area contributed by atoms with Crippen LogP contribution < -0.4 is 10.2 Å². The summed E-state index contributed by atoms with van der Waals surface area (Å²) < 4.78 is 0. The SMILES string of the molecule is CC(C)CNCC(O)c1ccc(N(C)C)cc1. The highest BCUT2D eigenvalue weighted by Gasteiger charge is 2.07. The maximum Gasteiger partial charge on any atom is 0.0914 e. The van der Waals surface area contributed by atoms with E-state index in [-0.39, 0.29) is 0 Å². The topological polar surface area (TPSA) is 35.5 Å². The van der Waals surface area contributed by atoms with Crippen LogP contribution in [0.2, 0.25) is 0 Å². The van der Waals surface area contributed by atoms with Gasteiger partial charge in [-0.05, 0) is 30.2 Å². The molecule has 0 aromatic heterocycles. The molecule has 0 fully saturated rings. The zero-order valence-electron chi connectivity index (χ0n) is 11.3. The minimum Gasteiger partial charge on any atom is -0.387 e. The first-order valence-corrected chi connectivity index (χ1v) is 6.16. The smallest absolute Gasteiger partial charge is 0.0914 e. The van der Waals surface area contributed by atoms with Crippen molar-refractivity contribution >= 4 is 5.69 Å². The number of benzene rings is 1. The summed E-state index contributed by atoms with van der Waals surface area (Å²) in [5, 5.41) is 13.2. The number of nitrogens with zero attached hydrogens (tertiary/aromatic N) is 1. The molecule has 0 amide bonds. The van der Waals surface area contributed by atoms with Gasteiger partial charge in [0.1, 0.15) is 0 Å². The molecule has 2 N–H and O–H groups in total. The number of aliphatic hydroxyl groups is 1. The van der Waals surface area contributed by atoms with Gasteiger partial charge >= 0.3 is 0 Å². The summed E-state index contributed by atoms with van der Waals surface area (Å²) in [4.78, 5) is 2.05. The Labute approximate surface area is 104 Å². The van der Waals surface area contributed by atoms with Crippen LogP contribution in [-0.4, -0.2) is 32.3 Å². The first kappa shape index (κ1) is 14.0. The highest BCUT2D eigenvalue weighted by Crippen LogP contribution is 2.17. The van der Waals surface area contributed by atoms with Gasteiger partial charge in [-0.15, -0.1) is 0 Å². The third kappa shape index (κ3) is 4.75. The van der Waals surface area contributed by atoms with E-state index in [1.54, 1.807) is 0 Å². The molecule has 17 heavy (non-hydrogen) atoms. The van der Waals surface area contributed by atoms with Crippen molar-refractivity contribution in [3.63, 3.8) is 0 Å². The quantitative estimate of drug-likeness (QED) is 0.793. The van der Waals surface area contributed by atoms with Gasteiger partial charge in [0.15, 0.2) is 0 Å². The Morgan fingerprint density at radius 1 is 1.12 bits per heavy atom. The fraction of sp³-hybridized carbons (Fsp3) is 0.571. The molecule has 3 nitrogen and oxygen atoms in total. The maximum absolute atomic E-state index is 9.99. The lowest BCUT2D eigenvalue weighted by atomic mass is 10.1. The summed E-state index contributed by atoms with van der Waals surface area (Å²) in [6.45, 7) is 5.86. The molecule has 0 heterocycles. The maximum atomic E-state index is 9.99. The molecule has 1 unspecified atom stereocenters. The molecule has 1 aromatic carbocycles. The average molecular weight is 236 g/mol. The molecule has 1 aromatic rings. The number of hydrogen-bond acceptors (Lipinski definition) is 3. The lowest BCUT2D eigenvalue weighted by molar-refractivity contribution is 0.173. The van der Waals surface area contributed by atoms with Crippen molar-refractivity contribution in [3.05, 3.63) is 29.8 Å². The van der Waals surface area contributed by atoms with Gasteiger partial charge in [0.05, 0.1) is 6.10 Å². The van der Waals surface area contributed by atoms with E-state index in [4.69, 9.17) is 0 Å². The molecule has 0 spiro atoms. The Kier molecular flexibility index (Phi) is 5.45. The van der Waals surface area contributed by atoms with Crippen LogP contribution in [-0.2, 0) is 0 Å². The van der Waals surface area contributed by atoms with E-state index < -0.39 is 6.10 Å². The van der Waals surface area contributed by atoms with Crippen LogP contribution in [0.25, 0.3) is 0 Å². The molecule has 0 aliphatic heterocycles. The zero-order chi connectivity index (χ0) is 12.8. The minimum absolute atomic E-state index is 0.426. The van der Waals surface area contributed by atoms with E-state index in [0.29, 0.717) is 12.5 Å². The van der Waals surface area contributed by atoms with Crippen LogP contribution in [0.1, 0.15) is 25.5 Å². The van der Waals surface area contributed by atoms with Crippen LogP contribution in [0.4, 0.5) is 5.69 Å². The second-order valence-electron chi connectivity index (χ2n) is 5.05. The second kappa shape index (κ2) is 6.62. The van der Waals surface area contributed by atoms with Crippen molar-refractivity contribution in [2.24, 2.45) is 5.92 Å². The Morgan fingerprint density at radius 2 is 1.71 bits per heavy atom. The molecule has 1 rings (SSSR count). The molecule has 0 saturated carbocycles. The van der Waals surface area contributed by atoms with E-state index in [1.165, 1.54) is 0 Å². The van der Waals surface area contributed by atoms with Crippen LogP contribution in [0, 0.1) is 5.92 Å². The van der Waals surface area contributed by atoms with Crippen molar-refractivity contribution in [1.29, 1.82) is 0 Å². The predicted octanol–water partition coefficient (Wildman–Crippen LogP) is 2.03. The average Bonchev–Trinajstić information content (AvgIpc) is 2.28. The lowest BCUT2D eigenvalue weighted by Crippen LogP contribution is -2.25. The fourth-order valence-corrected chi connectivity index (χ4v) is 1.62. The molecule has 0 saturated heterocycles. The van der Waals surface area contributed by atoms with Gasteiger partial charge in [-0.3, -0.25) is 0 Å². The normalized spacial score (nSPS) is 12.8. The standard InChI is InChI=1S/C14H24N2O/c1-11(2)9-15-10-14(17)12-5-7-13(8-6-12)16(3)4/h5-8,11,14-15,17H,9-10H2,1-4H3. The van der Waals surface area contributed by atoms with Crippen molar-refractivity contribution in [1.82, 2.24) is 5.32 Å². The van der Waals surface area contributed by atoms with Crippen molar-refractivity contribution in [2.75, 3.05) is 32.1 Å². The van der Waals surface area contributed by atoms with Crippen LogP contribution >= 0.6 is 0 Å². The van der Waals surface area contributed by atoms with Gasteiger partial charge in [0.25, 0.3) is 0 Å². The molecule has 0 aliphatic carbocycles. The Balaban J connectivity index is 2.48. The van der Waals surface area contributed by atoms with Gasteiger partial charge < -0.3 is 15.3 Å². The Bertz CT molecular complexity index is 319. The molecular weight excluding hydrogens is 212 g/mol. The summed E-state index contributed by atoms with van der Waals surface area (Å²) in [6, 6.07) is 8.02. The van der Waals surface area contributed by atoms with E-state index in [0.717, 1.165) is 17.8 Å². The summed E-state index contributed by atoms with van der Waals surface area (Å²) in [6.07, 6.45) is -0.426. The number of hydrogen-bond donors (Lipinski definition) is 2. The van der Waals surface area contributed by atoms with Crippen molar-refractivity contribution in [2.45, 2.75) is 20.0 Å². The third-order valence-corrected chi connectivity index (χ3v) is 2.68. The fourth-order valence-electron chi connectivity index (χ4n) is 1.62. The monoisotopic (exact) mass is 236 g/mol. The van der Waals surface area contributed by atoms with Crippen LogP contribution in [0.3, 0.4) is 0 Å². The number of aliphatic hydroxyl groups excluding tert-OH is 1. The molecule has 0 bridgehead atoms. The molecule has 3 heteroatoms. The Morgan fingerprint density at radius 3 is 2.18 bits per heavy atom. The van der Waals surface area contributed by atoms with Gasteiger partial charge in [-0.25, -0.2) is 0 Å². The third-order valence-electron chi connectivity index (χ3n) is 2.68. The molecule has 96 valence electrons. The highest BCUT2D eigenvalue weighted by molar-refractivity contribution is 5.46. The number of nitrogens with one attached hydrogen (secondary N) is 1. The number of anilines is 1. The van der Waals surface area contributed by atoms with E-state index in [1.807, 2.05) is 43.3 Å². The summed E-state index contributed by atoms with van der Waals surface area (Å²) in [7, 11) is 4.02. The largest absolute Gasteiger partial charge is 0.387 e. The van der Waals surface area contributed by atoms with Crippen molar-refractivity contribution < 1.29 is 5.11 Å². The highest BCUT2D eigenvalue weighted by atomic mass is 16.3. The van der Waals surface area contributed by atoms with E-state index in [2.05, 4.69) is 19.2 Å². The summed E-state index contributed by atoms with van der Waals surface area (Å²) in [5.41, 5.74) is 2.11. The second-order valence-corrected chi connectivity index (χ2v) is 5.05. The molecule has 0 radical (unpaired) electrons. The van der Waals surface area contributed by atoms with E-state index >= 15 is 0 Å². The molecule has 1 atom stereocenters. The zero-order valence-corrected chi connectivity index (χ0v) is 11.3. The molecular formula is C14H24N2O. The number of rotatable bonds is 6. The van der Waals surface area contributed by atoms with Crippen LogP contribution in [0.5, 0.6) is 0 Å². The summed E-state index contributed by atoms with van der Waals surface area (Å²) >= 11 is 0. The van der Waals surface area contributed by atoms with Gasteiger partial charge in [0, 0.05) is 26.3 Å². The first-order chi connectivity index (χ1) is 8.00. The molecule has 0 aliphatic rings. The predicted molar refractivity (Wildman–Crippen MR) is 73.4 cm³/mol. The van der Waals surface area contributed by atoms with E-state index in [9.17, 15) is 5.11 Å². The Hall–Kier alpha value is -1.06. The first-order valence-electron chi connectivity index (χ1n) is 6.16. The minimum atomic E-state index is -0.426. The summed E-state index contributed by atoms with van der Waals surface area (Å²) in [5.74, 6) is 0.610. The lowest BCUT2D eigenvalue weighted by Gasteiger charge is -2.16.